The largest absolute Gasteiger partial charge is 0.479 e. The van der Waals surface area contributed by atoms with Crippen molar-refractivity contribution in [3.8, 4) is 5.75 Å². The predicted octanol–water partition coefficient (Wildman–Crippen LogP) is 4.99. The fourth-order valence-corrected chi connectivity index (χ4v) is 4.94. The smallest absolute Gasteiger partial charge is 0.390 e. The van der Waals surface area contributed by atoms with Crippen molar-refractivity contribution in [3.05, 3.63) is 48.3 Å². The van der Waals surface area contributed by atoms with Crippen molar-refractivity contribution in [2.75, 3.05) is 23.4 Å². The first kappa shape index (κ1) is 26.5. The number of hydrogen-bond donors (Lipinski definition) is 2. The second kappa shape index (κ2) is 10.4. The molecule has 0 bridgehead atoms. The molecule has 1 atom stereocenters. The van der Waals surface area contributed by atoms with Gasteiger partial charge < -0.3 is 15.4 Å². The Hall–Kier alpha value is -3.55. The number of benzene rings is 2. The van der Waals surface area contributed by atoms with Gasteiger partial charge in [-0.15, -0.1) is 0 Å². The third kappa shape index (κ3) is 6.61. The minimum Gasteiger partial charge on any atom is -0.479 e. The summed E-state index contributed by atoms with van der Waals surface area (Å²) in [5.41, 5.74) is 0.484. The van der Waals surface area contributed by atoms with Crippen molar-refractivity contribution >= 4 is 43.7 Å². The number of halogens is 5. The summed E-state index contributed by atoms with van der Waals surface area (Å²) in [6.45, 7) is 0.648. The molecule has 198 valence electrons. The van der Waals surface area contributed by atoms with Crippen molar-refractivity contribution in [3.63, 3.8) is 0 Å². The second-order valence-electron chi connectivity index (χ2n) is 8.35. The first-order valence-corrected chi connectivity index (χ1v) is 13.0. The molecule has 1 aliphatic heterocycles. The zero-order chi connectivity index (χ0) is 26.8. The average molecular weight is 544 g/mol. The molecule has 4 rings (SSSR count). The summed E-state index contributed by atoms with van der Waals surface area (Å²) in [5, 5.41) is 4.92. The third-order valence-corrected chi connectivity index (χ3v) is 7.85. The quantitative estimate of drug-likeness (QED) is 0.388. The normalized spacial score (nSPS) is 15.5. The molecule has 0 saturated carbocycles. The first-order chi connectivity index (χ1) is 17.4. The van der Waals surface area contributed by atoms with Gasteiger partial charge in [0.15, 0.2) is 6.10 Å². The summed E-state index contributed by atoms with van der Waals surface area (Å²) in [7, 11) is -2.37. The van der Waals surface area contributed by atoms with Gasteiger partial charge in [-0.1, -0.05) is 0 Å². The van der Waals surface area contributed by atoms with Crippen molar-refractivity contribution in [2.24, 2.45) is 4.36 Å². The van der Waals surface area contributed by atoms with Crippen LogP contribution in [0.5, 0.6) is 5.75 Å². The standard InChI is InChI=1S/C23H22F5N5O3S/c1-13(22(34)29-6-5-23(26,27)28)36-19-9-14(24)3-4-17(19)32-21-20-16(25)10-15(11-18(20)30-12-31-21)33-37(35)7-2-8-37/h3-4,9-13H,2,5-8H2,1H3,(H,29,34)(H,30,31,32)/t13-/m1/s1. The molecular weight excluding hydrogens is 521 g/mol. The molecule has 2 heterocycles. The number of anilines is 2. The molecule has 1 fully saturated rings. The molecule has 37 heavy (non-hydrogen) atoms. The highest BCUT2D eigenvalue weighted by molar-refractivity contribution is 7.95. The number of alkyl halides is 3. The van der Waals surface area contributed by atoms with E-state index < -0.39 is 52.5 Å². The Morgan fingerprint density at radius 3 is 2.62 bits per heavy atom. The number of carbonyl (C=O) groups is 1. The Morgan fingerprint density at radius 1 is 1.19 bits per heavy atom. The van der Waals surface area contributed by atoms with Gasteiger partial charge in [0.1, 0.15) is 29.5 Å². The maximum Gasteiger partial charge on any atom is 0.390 e. The van der Waals surface area contributed by atoms with Crippen molar-refractivity contribution in [1.29, 1.82) is 0 Å². The Balaban J connectivity index is 1.57. The maximum absolute atomic E-state index is 15.1. The third-order valence-electron chi connectivity index (χ3n) is 5.45. The number of ether oxygens (including phenoxy) is 1. The minimum atomic E-state index is -4.43. The number of amides is 1. The Labute approximate surface area is 208 Å². The molecule has 14 heteroatoms. The summed E-state index contributed by atoms with van der Waals surface area (Å²) < 4.78 is 88.1. The molecule has 2 N–H and O–H groups in total. The van der Waals surface area contributed by atoms with Gasteiger partial charge in [0, 0.05) is 30.2 Å². The molecule has 2 aromatic carbocycles. The van der Waals surface area contributed by atoms with E-state index in [1.54, 1.807) is 0 Å². The van der Waals surface area contributed by atoms with Gasteiger partial charge >= 0.3 is 6.18 Å². The van der Waals surface area contributed by atoms with E-state index in [9.17, 15) is 26.6 Å². The summed E-state index contributed by atoms with van der Waals surface area (Å²) in [5.74, 6) is -1.52. The Kier molecular flexibility index (Phi) is 7.48. The molecule has 1 aromatic heterocycles. The van der Waals surface area contributed by atoms with E-state index in [1.807, 2.05) is 0 Å². The molecule has 1 aliphatic rings. The number of nitrogens with one attached hydrogen (secondary N) is 2. The van der Waals surface area contributed by atoms with Crippen LogP contribution in [0.1, 0.15) is 19.8 Å². The van der Waals surface area contributed by atoms with Gasteiger partial charge in [-0.2, -0.15) is 17.5 Å². The second-order valence-corrected chi connectivity index (χ2v) is 10.9. The van der Waals surface area contributed by atoms with Crippen molar-refractivity contribution in [2.45, 2.75) is 32.0 Å². The van der Waals surface area contributed by atoms with Crippen LogP contribution in [0, 0.1) is 11.6 Å². The van der Waals surface area contributed by atoms with E-state index >= 15 is 4.39 Å². The monoisotopic (exact) mass is 543 g/mol. The number of fused-ring (bicyclic) bond motifs is 1. The van der Waals surface area contributed by atoms with Crippen LogP contribution in [0.2, 0.25) is 0 Å². The van der Waals surface area contributed by atoms with Crippen LogP contribution >= 0.6 is 0 Å². The first-order valence-electron chi connectivity index (χ1n) is 11.2. The van der Waals surface area contributed by atoms with Gasteiger partial charge in [0.25, 0.3) is 5.91 Å². The molecule has 3 aromatic rings. The molecule has 0 radical (unpaired) electrons. The Morgan fingerprint density at radius 2 is 1.95 bits per heavy atom. The Bertz CT molecular complexity index is 1450. The fraction of sp³-hybridized carbons (Fsp3) is 0.348. The zero-order valence-electron chi connectivity index (χ0n) is 19.4. The minimum absolute atomic E-state index is 0.000572. The van der Waals surface area contributed by atoms with E-state index in [0.29, 0.717) is 11.5 Å². The molecule has 0 aliphatic carbocycles. The van der Waals surface area contributed by atoms with Crippen LogP contribution in [0.25, 0.3) is 10.9 Å². The van der Waals surface area contributed by atoms with E-state index in [-0.39, 0.29) is 33.8 Å². The molecule has 0 unspecified atom stereocenters. The van der Waals surface area contributed by atoms with Crippen LogP contribution in [-0.2, 0) is 14.5 Å². The number of nitrogens with zero attached hydrogens (tertiary/aromatic N) is 3. The van der Waals surface area contributed by atoms with E-state index in [0.717, 1.165) is 30.9 Å². The highest BCUT2D eigenvalue weighted by Crippen LogP contribution is 2.34. The van der Waals surface area contributed by atoms with Gasteiger partial charge in [-0.25, -0.2) is 23.0 Å². The lowest BCUT2D eigenvalue weighted by atomic mass is 10.2. The number of carbonyl (C=O) groups excluding carboxylic acids is 1. The number of rotatable bonds is 8. The van der Waals surface area contributed by atoms with Crippen LogP contribution < -0.4 is 15.4 Å². The van der Waals surface area contributed by atoms with Crippen molar-refractivity contribution < 1.29 is 35.7 Å². The molecule has 8 nitrogen and oxygen atoms in total. The number of aromatic nitrogens is 2. The zero-order valence-corrected chi connectivity index (χ0v) is 20.3. The summed E-state index contributed by atoms with van der Waals surface area (Å²) in [6, 6.07) is 5.93. The lowest BCUT2D eigenvalue weighted by Crippen LogP contribution is -2.38. The maximum atomic E-state index is 15.1. The lowest BCUT2D eigenvalue weighted by molar-refractivity contribution is -0.137. The number of hydrogen-bond acceptors (Lipinski definition) is 7. The summed E-state index contributed by atoms with van der Waals surface area (Å²) in [6.07, 6.45) is -4.96. The highest BCUT2D eigenvalue weighted by Gasteiger charge is 2.27. The highest BCUT2D eigenvalue weighted by atomic mass is 32.2. The van der Waals surface area contributed by atoms with E-state index in [1.165, 1.54) is 19.1 Å². The molecule has 1 amide bonds. The molecular formula is C23H22F5N5O3S. The molecule has 1 saturated heterocycles. The summed E-state index contributed by atoms with van der Waals surface area (Å²) in [4.78, 5) is 20.3. The topological polar surface area (TPSA) is 106 Å². The predicted molar refractivity (Wildman–Crippen MR) is 128 cm³/mol. The fourth-order valence-electron chi connectivity index (χ4n) is 3.49. The van der Waals surface area contributed by atoms with Crippen molar-refractivity contribution in [1.82, 2.24) is 15.3 Å². The van der Waals surface area contributed by atoms with Crippen LogP contribution in [0.3, 0.4) is 0 Å². The van der Waals surface area contributed by atoms with E-state index in [2.05, 4.69) is 25.0 Å². The van der Waals surface area contributed by atoms with Gasteiger partial charge in [-0.05, 0) is 31.5 Å². The van der Waals surface area contributed by atoms with Crippen LogP contribution in [-0.4, -0.2) is 50.4 Å². The SMILES string of the molecule is C[C@@H](Oc1cc(F)ccc1Nc1ncnc2cc(N=S3(=O)CCC3)cc(F)c12)C(=O)NCCC(F)(F)F. The van der Waals surface area contributed by atoms with E-state index in [4.69, 9.17) is 4.74 Å². The molecule has 0 spiro atoms. The van der Waals surface area contributed by atoms with Gasteiger partial charge in [0.05, 0.1) is 38.4 Å². The van der Waals surface area contributed by atoms with Crippen LogP contribution in [0.15, 0.2) is 41.0 Å². The van der Waals surface area contributed by atoms with Crippen LogP contribution in [0.4, 0.5) is 39.1 Å². The summed E-state index contributed by atoms with van der Waals surface area (Å²) >= 11 is 0. The average Bonchev–Trinajstić information content (AvgIpc) is 2.78. The van der Waals surface area contributed by atoms with Gasteiger partial charge in [-0.3, -0.25) is 4.79 Å². The van der Waals surface area contributed by atoms with Gasteiger partial charge in [0.2, 0.25) is 0 Å². The lowest BCUT2D eigenvalue weighted by Gasteiger charge is -2.19.